The molecule has 1 nitrogen and oxygen atoms in total. The van der Waals surface area contributed by atoms with Crippen LogP contribution in [0.5, 0.6) is 0 Å². The molecule has 1 heteroatoms. The molecule has 0 aliphatic rings. The van der Waals surface area contributed by atoms with E-state index in [9.17, 15) is 0 Å². The van der Waals surface area contributed by atoms with E-state index in [1.54, 1.807) is 0 Å². The molecule has 52 valence electrons. The average molecular weight is 126 g/mol. The van der Waals surface area contributed by atoms with Gasteiger partial charge in [-0.05, 0) is 24.5 Å². The Morgan fingerprint density at radius 2 is 2.22 bits per heavy atom. The van der Waals surface area contributed by atoms with E-state index in [1.807, 2.05) is 13.0 Å². The summed E-state index contributed by atoms with van der Waals surface area (Å²) in [4.78, 5) is 0. The molecular weight excluding hydrogens is 112 g/mol. The van der Waals surface area contributed by atoms with Crippen LogP contribution in [0.25, 0.3) is 0 Å². The Labute approximate surface area is 56.7 Å². The molecule has 0 rings (SSSR count). The summed E-state index contributed by atoms with van der Waals surface area (Å²) in [6, 6.07) is 0. The molecule has 9 heavy (non-hydrogen) atoms. The van der Waals surface area contributed by atoms with Gasteiger partial charge < -0.3 is 5.11 Å². The quantitative estimate of drug-likeness (QED) is 0.559. The lowest BCUT2D eigenvalue weighted by molar-refractivity contribution is 0.331. The van der Waals surface area contributed by atoms with Gasteiger partial charge in [0.15, 0.2) is 0 Å². The molecule has 0 amide bonds. The van der Waals surface area contributed by atoms with Crippen LogP contribution in [0.3, 0.4) is 0 Å². The lowest BCUT2D eigenvalue weighted by Crippen LogP contribution is -1.81. The maximum absolute atomic E-state index is 8.53. The fourth-order valence-electron chi connectivity index (χ4n) is 0.355. The van der Waals surface area contributed by atoms with Gasteiger partial charge in [0.05, 0.1) is 6.61 Å². The first-order chi connectivity index (χ1) is 4.16. The second-order valence-corrected chi connectivity index (χ2v) is 2.49. The molecule has 0 unspecified atom stereocenters. The van der Waals surface area contributed by atoms with Crippen LogP contribution in [0.15, 0.2) is 17.4 Å². The van der Waals surface area contributed by atoms with Crippen molar-refractivity contribution in [1.29, 1.82) is 0 Å². The summed E-state index contributed by atoms with van der Waals surface area (Å²) in [6.07, 6.45) is 1.95. The second-order valence-electron chi connectivity index (χ2n) is 2.49. The van der Waals surface area contributed by atoms with E-state index >= 15 is 0 Å². The van der Waals surface area contributed by atoms with Crippen LogP contribution in [0.1, 0.15) is 20.8 Å². The summed E-state index contributed by atoms with van der Waals surface area (Å²) in [5.74, 6) is 0.520. The van der Waals surface area contributed by atoms with Crippen LogP contribution >= 0.6 is 0 Å². The molecule has 0 heterocycles. The molecule has 0 bridgehead atoms. The lowest BCUT2D eigenvalue weighted by atomic mass is 10.2. The van der Waals surface area contributed by atoms with Gasteiger partial charge in [-0.15, -0.1) is 5.73 Å². The Hall–Kier alpha value is -0.520. The minimum atomic E-state index is 0.114. The van der Waals surface area contributed by atoms with Gasteiger partial charge in [0.1, 0.15) is 0 Å². The van der Waals surface area contributed by atoms with Crippen LogP contribution < -0.4 is 0 Å². The molecule has 1 N–H and O–H groups in total. The maximum Gasteiger partial charge on any atom is 0.0712 e. The normalized spacial score (nSPS) is 9.00. The zero-order valence-electron chi connectivity index (χ0n) is 6.31. The van der Waals surface area contributed by atoms with E-state index in [-0.39, 0.29) is 6.61 Å². The molecule has 0 radical (unpaired) electrons. The number of hydrogen-bond donors (Lipinski definition) is 1. The second kappa shape index (κ2) is 4.37. The summed E-state index contributed by atoms with van der Waals surface area (Å²) in [5.41, 5.74) is 3.87. The third-order valence-corrected chi connectivity index (χ3v) is 0.900. The molecule has 0 saturated carbocycles. The van der Waals surface area contributed by atoms with Crippen LogP contribution in [0.2, 0.25) is 0 Å². The Balaban J connectivity index is 3.91. The zero-order valence-corrected chi connectivity index (χ0v) is 6.31. The van der Waals surface area contributed by atoms with Gasteiger partial charge in [-0.1, -0.05) is 13.8 Å². The first-order valence-electron chi connectivity index (χ1n) is 3.20. The van der Waals surface area contributed by atoms with Crippen molar-refractivity contribution in [3.05, 3.63) is 17.4 Å². The predicted molar refractivity (Wildman–Crippen MR) is 39.2 cm³/mol. The monoisotopic (exact) mass is 126 g/mol. The van der Waals surface area contributed by atoms with E-state index in [0.29, 0.717) is 5.92 Å². The lowest BCUT2D eigenvalue weighted by Gasteiger charge is -1.89. The largest absolute Gasteiger partial charge is 0.391 e. The van der Waals surface area contributed by atoms with Gasteiger partial charge in [0.2, 0.25) is 0 Å². The summed E-state index contributed by atoms with van der Waals surface area (Å²) >= 11 is 0. The topological polar surface area (TPSA) is 20.2 Å². The molecule has 0 atom stereocenters. The third-order valence-electron chi connectivity index (χ3n) is 0.900. The fraction of sp³-hybridized carbons (Fsp3) is 0.625. The third kappa shape index (κ3) is 5.35. The molecule has 0 aliphatic carbocycles. The Bertz CT molecular complexity index is 128. The predicted octanol–water partition coefficient (Wildman–Crippen LogP) is 1.74. The molecule has 0 spiro atoms. The van der Waals surface area contributed by atoms with E-state index in [2.05, 4.69) is 19.6 Å². The number of aliphatic hydroxyl groups is 1. The molecule has 0 aliphatic heterocycles. The summed E-state index contributed by atoms with van der Waals surface area (Å²) in [6.45, 7) is 6.14. The van der Waals surface area contributed by atoms with Crippen molar-refractivity contribution in [2.24, 2.45) is 5.92 Å². The Morgan fingerprint density at radius 1 is 1.67 bits per heavy atom. The van der Waals surface area contributed by atoms with Crippen molar-refractivity contribution in [1.82, 2.24) is 0 Å². The molecule has 0 fully saturated rings. The highest BCUT2D eigenvalue weighted by molar-refractivity contribution is 4.98. The van der Waals surface area contributed by atoms with Crippen LogP contribution in [0, 0.1) is 5.92 Å². The van der Waals surface area contributed by atoms with Gasteiger partial charge in [-0.3, -0.25) is 0 Å². The summed E-state index contributed by atoms with van der Waals surface area (Å²) in [5, 5.41) is 8.53. The van der Waals surface area contributed by atoms with E-state index in [0.717, 1.165) is 5.57 Å². The summed E-state index contributed by atoms with van der Waals surface area (Å²) in [7, 11) is 0. The van der Waals surface area contributed by atoms with Crippen molar-refractivity contribution in [2.75, 3.05) is 6.61 Å². The highest BCUT2D eigenvalue weighted by Crippen LogP contribution is 1.93. The standard InChI is InChI=1S/C8H14O/c1-7(2)4-5-8(3)6-9/h4,7,9H,6H2,1-3H3. The maximum atomic E-state index is 8.53. The van der Waals surface area contributed by atoms with Gasteiger partial charge in [-0.2, -0.15) is 0 Å². The van der Waals surface area contributed by atoms with Gasteiger partial charge in [0, 0.05) is 0 Å². The van der Waals surface area contributed by atoms with Gasteiger partial charge >= 0.3 is 0 Å². The van der Waals surface area contributed by atoms with Crippen molar-refractivity contribution < 1.29 is 5.11 Å². The number of aliphatic hydroxyl groups excluding tert-OH is 1. The number of hydrogen-bond acceptors (Lipinski definition) is 1. The number of rotatable bonds is 2. The first kappa shape index (κ1) is 8.48. The Morgan fingerprint density at radius 3 is 2.56 bits per heavy atom. The van der Waals surface area contributed by atoms with Gasteiger partial charge in [-0.25, -0.2) is 0 Å². The average Bonchev–Trinajstić information content (AvgIpc) is 1.83. The van der Waals surface area contributed by atoms with Crippen LogP contribution in [-0.4, -0.2) is 11.7 Å². The minimum absolute atomic E-state index is 0.114. The Kier molecular flexibility index (Phi) is 4.12. The minimum Gasteiger partial charge on any atom is -0.391 e. The van der Waals surface area contributed by atoms with E-state index in [1.165, 1.54) is 0 Å². The van der Waals surface area contributed by atoms with Crippen molar-refractivity contribution >= 4 is 0 Å². The summed E-state index contributed by atoms with van der Waals surface area (Å²) < 4.78 is 0. The van der Waals surface area contributed by atoms with E-state index < -0.39 is 0 Å². The van der Waals surface area contributed by atoms with Crippen molar-refractivity contribution in [3.63, 3.8) is 0 Å². The first-order valence-corrected chi connectivity index (χ1v) is 3.20. The smallest absolute Gasteiger partial charge is 0.0712 e. The van der Waals surface area contributed by atoms with Crippen molar-refractivity contribution in [3.8, 4) is 0 Å². The molecule has 0 aromatic heterocycles. The molecular formula is C8H14O. The molecule has 0 aromatic rings. The van der Waals surface area contributed by atoms with Crippen molar-refractivity contribution in [2.45, 2.75) is 20.8 Å². The highest BCUT2D eigenvalue weighted by atomic mass is 16.3. The molecule has 0 aromatic carbocycles. The van der Waals surface area contributed by atoms with Crippen LogP contribution in [-0.2, 0) is 0 Å². The van der Waals surface area contributed by atoms with E-state index in [4.69, 9.17) is 5.11 Å². The van der Waals surface area contributed by atoms with Crippen LogP contribution in [0.4, 0.5) is 0 Å². The fourth-order valence-corrected chi connectivity index (χ4v) is 0.355. The molecule has 0 saturated heterocycles. The van der Waals surface area contributed by atoms with Gasteiger partial charge in [0.25, 0.3) is 0 Å². The zero-order chi connectivity index (χ0) is 7.28. The SMILES string of the molecule is CC(=C=CC(C)C)CO. The highest BCUT2D eigenvalue weighted by Gasteiger charge is 1.82.